The van der Waals surface area contributed by atoms with E-state index in [2.05, 4.69) is 0 Å². The molecule has 1 saturated heterocycles. The van der Waals surface area contributed by atoms with Crippen molar-refractivity contribution in [3.8, 4) is 6.07 Å². The second kappa shape index (κ2) is 5.99. The van der Waals surface area contributed by atoms with Crippen LogP contribution in [0.15, 0.2) is 72.8 Å². The second-order valence-electron chi connectivity index (χ2n) is 8.31. The molecule has 0 saturated carbocycles. The van der Waals surface area contributed by atoms with Crippen molar-refractivity contribution < 1.29 is 14.4 Å². The van der Waals surface area contributed by atoms with Crippen molar-refractivity contribution in [1.82, 2.24) is 0 Å². The Hall–Kier alpha value is -4.04. The van der Waals surface area contributed by atoms with Gasteiger partial charge < -0.3 is 4.79 Å². The van der Waals surface area contributed by atoms with Crippen LogP contribution in [0.1, 0.15) is 33.7 Å². The molecule has 2 bridgehead atoms. The molecule has 0 N–H and O–H groups in total. The molecule has 0 unspecified atom stereocenters. The Kier molecular flexibility index (Phi) is 3.44. The van der Waals surface area contributed by atoms with Crippen LogP contribution in [0.25, 0.3) is 0 Å². The summed E-state index contributed by atoms with van der Waals surface area (Å²) in [5.74, 6) is -2.36. The molecule has 3 aromatic rings. The first-order valence-electron chi connectivity index (χ1n) is 10.2. The summed E-state index contributed by atoms with van der Waals surface area (Å²) in [5.41, 5.74) is 3.20. The van der Waals surface area contributed by atoms with Gasteiger partial charge in [-0.3, -0.25) is 9.59 Å². The highest BCUT2D eigenvalue weighted by atomic mass is 16.2. The second-order valence-corrected chi connectivity index (χ2v) is 8.31. The van der Waals surface area contributed by atoms with Gasteiger partial charge in [0.25, 0.3) is 0 Å². The van der Waals surface area contributed by atoms with E-state index >= 15 is 0 Å². The lowest BCUT2D eigenvalue weighted by Crippen LogP contribution is -2.54. The summed E-state index contributed by atoms with van der Waals surface area (Å²) < 4.78 is 0. The lowest BCUT2D eigenvalue weighted by Gasteiger charge is -2.51. The van der Waals surface area contributed by atoms with E-state index in [1.807, 2.05) is 54.6 Å². The van der Waals surface area contributed by atoms with Crippen LogP contribution < -0.4 is 4.90 Å². The number of hydrogen-bond acceptors (Lipinski definition) is 4. The van der Waals surface area contributed by atoms with Gasteiger partial charge in [0.05, 0.1) is 34.6 Å². The first-order valence-corrected chi connectivity index (χ1v) is 10.2. The van der Waals surface area contributed by atoms with E-state index in [9.17, 15) is 14.4 Å². The molecule has 31 heavy (non-hydrogen) atoms. The fraction of sp³-hybridized carbons (Fsp3) is 0.154. The fourth-order valence-corrected chi connectivity index (χ4v) is 5.97. The Morgan fingerprint density at radius 2 is 1.42 bits per heavy atom. The Balaban J connectivity index is 1.62. The molecule has 7 rings (SSSR count). The van der Waals surface area contributed by atoms with Gasteiger partial charge in [-0.25, -0.2) is 4.90 Å². The number of hydrogen-bond donors (Lipinski definition) is 0. The number of rotatable bonds is 2. The lowest BCUT2D eigenvalue weighted by atomic mass is 9.48. The van der Waals surface area contributed by atoms with Crippen LogP contribution in [0.5, 0.6) is 0 Å². The molecule has 1 fully saturated rings. The summed E-state index contributed by atoms with van der Waals surface area (Å²) in [5, 5.41) is 9.07. The number of benzene rings is 3. The molecule has 0 aromatic heterocycles. The zero-order valence-corrected chi connectivity index (χ0v) is 16.4. The van der Waals surface area contributed by atoms with Crippen LogP contribution in [0.2, 0.25) is 0 Å². The van der Waals surface area contributed by atoms with E-state index in [4.69, 9.17) is 5.26 Å². The van der Waals surface area contributed by atoms with Gasteiger partial charge >= 0.3 is 0 Å². The van der Waals surface area contributed by atoms with Crippen LogP contribution in [-0.4, -0.2) is 18.1 Å². The van der Waals surface area contributed by atoms with Gasteiger partial charge in [0.15, 0.2) is 0 Å². The van der Waals surface area contributed by atoms with Gasteiger partial charge in [0.2, 0.25) is 11.8 Å². The first kappa shape index (κ1) is 17.8. The van der Waals surface area contributed by atoms with E-state index < -0.39 is 17.3 Å². The maximum Gasteiger partial charge on any atom is 0.239 e. The van der Waals surface area contributed by atoms with Gasteiger partial charge in [-0.2, -0.15) is 5.26 Å². The molecule has 148 valence electrons. The Morgan fingerprint density at radius 1 is 0.839 bits per heavy atom. The topological polar surface area (TPSA) is 78.2 Å². The fourth-order valence-electron chi connectivity index (χ4n) is 5.97. The first-order chi connectivity index (χ1) is 15.1. The summed E-state index contributed by atoms with van der Waals surface area (Å²) in [4.78, 5) is 41.5. The highest BCUT2D eigenvalue weighted by Crippen LogP contribution is 2.63. The molecule has 0 spiro atoms. The average molecular weight is 404 g/mol. The molecule has 1 aliphatic heterocycles. The Bertz CT molecular complexity index is 1290. The number of imide groups is 1. The lowest BCUT2D eigenvalue weighted by molar-refractivity contribution is -0.128. The number of aldehydes is 1. The summed E-state index contributed by atoms with van der Waals surface area (Å²) >= 11 is 0. The third kappa shape index (κ3) is 1.97. The van der Waals surface area contributed by atoms with E-state index in [0.29, 0.717) is 11.3 Å². The number of anilines is 1. The highest BCUT2D eigenvalue weighted by Gasteiger charge is 2.68. The summed E-state index contributed by atoms with van der Waals surface area (Å²) in [6, 6.07) is 23.8. The maximum atomic E-state index is 13.8. The predicted molar refractivity (Wildman–Crippen MR) is 112 cm³/mol. The van der Waals surface area contributed by atoms with Crippen molar-refractivity contribution in [3.63, 3.8) is 0 Å². The highest BCUT2D eigenvalue weighted by molar-refractivity contribution is 6.24. The van der Waals surface area contributed by atoms with Crippen LogP contribution >= 0.6 is 0 Å². The molecular weight excluding hydrogens is 388 g/mol. The standard InChI is InChI=1S/C26H16N2O3/c27-13-15-9-11-16(12-10-15)28-24(30)22-21-17-5-1-3-7-19(17)26(14-29,23(22)25(28)31)20-8-4-2-6-18(20)21/h1-12,14,21-23H/t21?,22-,23-,26?/m0/s1. The number of amides is 2. The van der Waals surface area contributed by atoms with Crippen molar-refractivity contribution >= 4 is 23.8 Å². The van der Waals surface area contributed by atoms with Crippen LogP contribution in [0, 0.1) is 23.2 Å². The Labute approximate surface area is 178 Å². The van der Waals surface area contributed by atoms with Gasteiger partial charge in [-0.15, -0.1) is 0 Å². The van der Waals surface area contributed by atoms with Crippen LogP contribution in [0.3, 0.4) is 0 Å². The minimum absolute atomic E-state index is 0.279. The monoisotopic (exact) mass is 404 g/mol. The maximum absolute atomic E-state index is 13.8. The van der Waals surface area contributed by atoms with E-state index in [1.165, 1.54) is 4.90 Å². The van der Waals surface area contributed by atoms with E-state index in [1.54, 1.807) is 24.3 Å². The minimum atomic E-state index is -1.19. The molecule has 0 radical (unpaired) electrons. The van der Waals surface area contributed by atoms with Crippen molar-refractivity contribution in [2.75, 3.05) is 4.90 Å². The van der Waals surface area contributed by atoms with Crippen LogP contribution in [-0.2, 0) is 19.8 Å². The smallest absolute Gasteiger partial charge is 0.239 e. The molecule has 4 aliphatic rings. The molecular formula is C26H16N2O3. The number of nitriles is 1. The zero-order chi connectivity index (χ0) is 21.3. The third-order valence-electron chi connectivity index (χ3n) is 7.12. The van der Waals surface area contributed by atoms with Gasteiger partial charge in [-0.05, 0) is 46.5 Å². The molecule has 2 amide bonds. The van der Waals surface area contributed by atoms with Gasteiger partial charge in [0.1, 0.15) is 6.29 Å². The van der Waals surface area contributed by atoms with Crippen molar-refractivity contribution in [2.24, 2.45) is 11.8 Å². The third-order valence-corrected chi connectivity index (χ3v) is 7.12. The van der Waals surface area contributed by atoms with E-state index in [0.717, 1.165) is 28.5 Å². The average Bonchev–Trinajstić information content (AvgIpc) is 3.10. The van der Waals surface area contributed by atoms with Crippen molar-refractivity contribution in [1.29, 1.82) is 5.26 Å². The summed E-state index contributed by atoms with van der Waals surface area (Å²) in [6.45, 7) is 0. The number of carbonyl (C=O) groups is 3. The van der Waals surface area contributed by atoms with Crippen LogP contribution in [0.4, 0.5) is 5.69 Å². The van der Waals surface area contributed by atoms with Gasteiger partial charge in [-0.1, -0.05) is 48.5 Å². The SMILES string of the molecule is N#Cc1ccc(N2C(=O)[C@@H]3[C@@H](C2=O)C2c4ccccc4C3(C=O)c3ccccc32)cc1. The normalized spacial score (nSPS) is 27.3. The summed E-state index contributed by atoms with van der Waals surface area (Å²) in [7, 11) is 0. The molecule has 5 heteroatoms. The quantitative estimate of drug-likeness (QED) is 0.485. The Morgan fingerprint density at radius 3 is 1.97 bits per heavy atom. The largest absolute Gasteiger partial charge is 0.302 e. The number of nitrogens with zero attached hydrogens (tertiary/aromatic N) is 2. The minimum Gasteiger partial charge on any atom is -0.302 e. The van der Waals surface area contributed by atoms with Crippen molar-refractivity contribution in [2.45, 2.75) is 11.3 Å². The zero-order valence-electron chi connectivity index (χ0n) is 16.4. The predicted octanol–water partition coefficient (Wildman–Crippen LogP) is 3.31. The molecule has 1 heterocycles. The molecule has 5 nitrogen and oxygen atoms in total. The number of carbonyl (C=O) groups excluding carboxylic acids is 3. The molecule has 2 atom stereocenters. The van der Waals surface area contributed by atoms with E-state index in [-0.39, 0.29) is 17.7 Å². The molecule has 3 aliphatic carbocycles. The molecule has 3 aromatic carbocycles. The summed E-state index contributed by atoms with van der Waals surface area (Å²) in [6.07, 6.45) is 0.866. The van der Waals surface area contributed by atoms with Crippen molar-refractivity contribution in [3.05, 3.63) is 101 Å². The van der Waals surface area contributed by atoms with Gasteiger partial charge in [0, 0.05) is 5.92 Å².